The van der Waals surface area contributed by atoms with E-state index in [1.165, 1.54) is 0 Å². The highest BCUT2D eigenvalue weighted by molar-refractivity contribution is 6.07. The van der Waals surface area contributed by atoms with Crippen molar-refractivity contribution in [3.05, 3.63) is 96.1 Å². The van der Waals surface area contributed by atoms with Gasteiger partial charge in [-0.05, 0) is 40.6 Å². The molecule has 5 heteroatoms. The maximum Gasteiger partial charge on any atom is 0.228 e. The summed E-state index contributed by atoms with van der Waals surface area (Å²) in [7, 11) is 1.78. The van der Waals surface area contributed by atoms with E-state index < -0.39 is 0 Å². The number of benzene rings is 3. The molecule has 4 rings (SSSR count). The van der Waals surface area contributed by atoms with Gasteiger partial charge < -0.3 is 9.88 Å². The van der Waals surface area contributed by atoms with Gasteiger partial charge >= 0.3 is 0 Å². The quantitative estimate of drug-likeness (QED) is 0.541. The molecule has 1 amide bonds. The number of hydrogen-bond acceptors (Lipinski definition) is 3. The van der Waals surface area contributed by atoms with Gasteiger partial charge in [0.05, 0.1) is 6.42 Å². The van der Waals surface area contributed by atoms with E-state index in [0.29, 0.717) is 17.1 Å². The molecule has 0 bridgehead atoms. The number of rotatable bonds is 5. The number of amides is 1. The molecule has 0 radical (unpaired) electrons. The van der Waals surface area contributed by atoms with E-state index in [4.69, 9.17) is 0 Å². The summed E-state index contributed by atoms with van der Waals surface area (Å²) in [5.41, 5.74) is 2.17. The van der Waals surface area contributed by atoms with Gasteiger partial charge in [-0.15, -0.1) is 0 Å². The third-order valence-electron chi connectivity index (χ3n) is 4.69. The molecule has 28 heavy (non-hydrogen) atoms. The molecule has 0 atom stereocenters. The summed E-state index contributed by atoms with van der Waals surface area (Å²) in [6, 6.07) is 20.8. The number of anilines is 1. The summed E-state index contributed by atoms with van der Waals surface area (Å²) in [4.78, 5) is 29.0. The maximum absolute atomic E-state index is 12.5. The molecule has 1 heterocycles. The Hall–Kier alpha value is -3.73. The summed E-state index contributed by atoms with van der Waals surface area (Å²) in [5, 5.41) is 5.09. The van der Waals surface area contributed by atoms with E-state index in [9.17, 15) is 9.59 Å². The van der Waals surface area contributed by atoms with E-state index in [-0.39, 0.29) is 18.1 Å². The predicted octanol–water partition coefficient (Wildman–Crippen LogP) is 3.99. The van der Waals surface area contributed by atoms with Crippen molar-refractivity contribution in [2.45, 2.75) is 6.42 Å². The van der Waals surface area contributed by atoms with Crippen molar-refractivity contribution in [1.29, 1.82) is 0 Å². The minimum absolute atomic E-state index is 0.0977. The van der Waals surface area contributed by atoms with Crippen LogP contribution in [-0.2, 0) is 18.3 Å². The van der Waals surface area contributed by atoms with Gasteiger partial charge in [0.15, 0.2) is 5.82 Å². The average Bonchev–Trinajstić information content (AvgIpc) is 3.14. The first kappa shape index (κ1) is 17.7. The van der Waals surface area contributed by atoms with Crippen LogP contribution in [0.5, 0.6) is 0 Å². The second-order valence-corrected chi connectivity index (χ2v) is 6.63. The molecule has 0 fully saturated rings. The van der Waals surface area contributed by atoms with Crippen LogP contribution in [0.4, 0.5) is 5.69 Å². The predicted molar refractivity (Wildman–Crippen MR) is 109 cm³/mol. The van der Waals surface area contributed by atoms with Crippen LogP contribution < -0.4 is 5.32 Å². The number of imidazole rings is 1. The monoisotopic (exact) mass is 369 g/mol. The topological polar surface area (TPSA) is 64.0 Å². The number of aryl methyl sites for hydroxylation is 1. The standard InChI is InChI=1S/C23H19N3O2/c1-26-14-13-24-23(26)22(28)17-9-11-19(12-10-17)25-21(27)15-18-7-4-6-16-5-2-3-8-20(16)18/h2-14H,15H2,1H3,(H,25,27). The molecule has 4 aromatic rings. The Kier molecular flexibility index (Phi) is 4.72. The van der Waals surface area contributed by atoms with Gasteiger partial charge in [0.1, 0.15) is 0 Å². The van der Waals surface area contributed by atoms with E-state index in [2.05, 4.69) is 10.3 Å². The Labute approximate surface area is 162 Å². The van der Waals surface area contributed by atoms with Crippen molar-refractivity contribution in [2.24, 2.45) is 7.05 Å². The number of fused-ring (bicyclic) bond motifs is 1. The second kappa shape index (κ2) is 7.48. The Morgan fingerprint density at radius 1 is 0.964 bits per heavy atom. The van der Waals surface area contributed by atoms with Crippen molar-refractivity contribution in [2.75, 3.05) is 5.32 Å². The number of nitrogens with one attached hydrogen (secondary N) is 1. The average molecular weight is 369 g/mol. The molecular weight excluding hydrogens is 350 g/mol. The van der Waals surface area contributed by atoms with Crippen LogP contribution in [0.25, 0.3) is 10.8 Å². The zero-order valence-electron chi connectivity index (χ0n) is 15.4. The van der Waals surface area contributed by atoms with Gasteiger partial charge in [-0.1, -0.05) is 42.5 Å². The molecule has 0 aliphatic heterocycles. The van der Waals surface area contributed by atoms with Crippen molar-refractivity contribution < 1.29 is 9.59 Å². The molecule has 138 valence electrons. The molecule has 1 aromatic heterocycles. The summed E-state index contributed by atoms with van der Waals surface area (Å²) in [6.07, 6.45) is 3.61. The van der Waals surface area contributed by atoms with E-state index >= 15 is 0 Å². The van der Waals surface area contributed by atoms with Gasteiger partial charge in [-0.3, -0.25) is 9.59 Å². The molecule has 1 N–H and O–H groups in total. The zero-order valence-corrected chi connectivity index (χ0v) is 15.4. The smallest absolute Gasteiger partial charge is 0.228 e. The molecule has 0 saturated heterocycles. The maximum atomic E-state index is 12.5. The van der Waals surface area contributed by atoms with Crippen molar-refractivity contribution >= 4 is 28.2 Å². The fourth-order valence-corrected chi connectivity index (χ4v) is 3.24. The number of aromatic nitrogens is 2. The molecule has 0 spiro atoms. The van der Waals surface area contributed by atoms with Crippen LogP contribution in [0.2, 0.25) is 0 Å². The minimum Gasteiger partial charge on any atom is -0.331 e. The normalized spacial score (nSPS) is 10.8. The largest absolute Gasteiger partial charge is 0.331 e. The van der Waals surface area contributed by atoms with Gasteiger partial charge in [0.25, 0.3) is 0 Å². The molecule has 0 unspecified atom stereocenters. The van der Waals surface area contributed by atoms with Gasteiger partial charge in [-0.2, -0.15) is 0 Å². The van der Waals surface area contributed by atoms with E-state index in [0.717, 1.165) is 16.3 Å². The van der Waals surface area contributed by atoms with Crippen molar-refractivity contribution in [3.63, 3.8) is 0 Å². The number of carbonyl (C=O) groups excluding carboxylic acids is 2. The lowest BCUT2D eigenvalue weighted by atomic mass is 10.0. The Bertz CT molecular complexity index is 1150. The fourth-order valence-electron chi connectivity index (χ4n) is 3.24. The fraction of sp³-hybridized carbons (Fsp3) is 0.0870. The minimum atomic E-state index is -0.152. The van der Waals surface area contributed by atoms with Gasteiger partial charge in [0.2, 0.25) is 11.7 Å². The lowest BCUT2D eigenvalue weighted by Gasteiger charge is -2.09. The number of ketones is 1. The third-order valence-corrected chi connectivity index (χ3v) is 4.69. The summed E-state index contributed by atoms with van der Waals surface area (Å²) in [6.45, 7) is 0. The number of hydrogen-bond donors (Lipinski definition) is 1. The lowest BCUT2D eigenvalue weighted by molar-refractivity contribution is -0.115. The molecular formula is C23H19N3O2. The third kappa shape index (κ3) is 3.55. The summed E-state index contributed by atoms with van der Waals surface area (Å²) in [5.74, 6) is 0.133. The zero-order chi connectivity index (χ0) is 19.5. The highest BCUT2D eigenvalue weighted by atomic mass is 16.1. The Balaban J connectivity index is 1.46. The van der Waals surface area contributed by atoms with E-state index in [1.807, 2.05) is 42.5 Å². The van der Waals surface area contributed by atoms with Crippen LogP contribution in [0.1, 0.15) is 21.7 Å². The van der Waals surface area contributed by atoms with Gasteiger partial charge in [0, 0.05) is 30.7 Å². The molecule has 0 saturated carbocycles. The van der Waals surface area contributed by atoms with E-state index in [1.54, 1.807) is 48.3 Å². The summed E-state index contributed by atoms with van der Waals surface area (Å²) < 4.78 is 1.68. The lowest BCUT2D eigenvalue weighted by Crippen LogP contribution is -2.15. The highest BCUT2D eigenvalue weighted by Crippen LogP contribution is 2.20. The molecule has 0 aliphatic rings. The molecule has 3 aromatic carbocycles. The van der Waals surface area contributed by atoms with Crippen molar-refractivity contribution in [1.82, 2.24) is 9.55 Å². The SMILES string of the molecule is Cn1ccnc1C(=O)c1ccc(NC(=O)Cc2cccc3ccccc23)cc1. The first-order valence-electron chi connectivity index (χ1n) is 9.00. The first-order valence-corrected chi connectivity index (χ1v) is 9.00. The van der Waals surface area contributed by atoms with Crippen LogP contribution in [0.15, 0.2) is 79.1 Å². The highest BCUT2D eigenvalue weighted by Gasteiger charge is 2.14. The Morgan fingerprint density at radius 3 is 2.46 bits per heavy atom. The van der Waals surface area contributed by atoms with Crippen LogP contribution >= 0.6 is 0 Å². The molecule has 5 nitrogen and oxygen atoms in total. The van der Waals surface area contributed by atoms with Gasteiger partial charge in [-0.25, -0.2) is 4.98 Å². The van der Waals surface area contributed by atoms with Crippen LogP contribution in [0, 0.1) is 0 Å². The second-order valence-electron chi connectivity index (χ2n) is 6.63. The first-order chi connectivity index (χ1) is 13.6. The van der Waals surface area contributed by atoms with Crippen LogP contribution in [-0.4, -0.2) is 21.2 Å². The number of nitrogens with zero attached hydrogens (tertiary/aromatic N) is 2. The van der Waals surface area contributed by atoms with Crippen LogP contribution in [0.3, 0.4) is 0 Å². The number of carbonyl (C=O) groups is 2. The molecule has 0 aliphatic carbocycles. The van der Waals surface area contributed by atoms with Crippen molar-refractivity contribution in [3.8, 4) is 0 Å². The summed E-state index contributed by atoms with van der Waals surface area (Å²) >= 11 is 0. The Morgan fingerprint density at radius 2 is 1.71 bits per heavy atom.